The minimum absolute atomic E-state index is 0.230. The Bertz CT molecular complexity index is 434. The summed E-state index contributed by atoms with van der Waals surface area (Å²) < 4.78 is 0. The number of thioether (sulfide) groups is 1. The van der Waals surface area contributed by atoms with Gasteiger partial charge in [-0.1, -0.05) is 44.1 Å². The number of rotatable bonds is 1. The molecule has 1 aliphatic rings. The smallest absolute Gasteiger partial charge is 0.161 e. The van der Waals surface area contributed by atoms with Gasteiger partial charge in [0.25, 0.3) is 0 Å². The van der Waals surface area contributed by atoms with E-state index in [-0.39, 0.29) is 5.41 Å². The van der Waals surface area contributed by atoms with Gasteiger partial charge in [0.05, 0.1) is 6.04 Å². The Balaban J connectivity index is 2.09. The number of nitrogens with one attached hydrogen (secondary N) is 1. The maximum absolute atomic E-state index is 5.87. The predicted octanol–water partition coefficient (Wildman–Crippen LogP) is 4.66. The van der Waals surface area contributed by atoms with Crippen molar-refractivity contribution >= 4 is 34.2 Å². The van der Waals surface area contributed by atoms with Crippen LogP contribution in [-0.4, -0.2) is 17.0 Å². The number of halogens is 1. The third kappa shape index (κ3) is 3.66. The van der Waals surface area contributed by atoms with Crippen LogP contribution in [-0.2, 0) is 0 Å². The normalized spacial score (nSPS) is 20.4. The molecule has 2 nitrogen and oxygen atoms in total. The summed E-state index contributed by atoms with van der Waals surface area (Å²) in [6, 6.07) is 8.13. The minimum atomic E-state index is 0.230. The number of anilines is 1. The van der Waals surface area contributed by atoms with Crippen LogP contribution in [0.3, 0.4) is 0 Å². The fraction of sp³-hybridized carbons (Fsp3) is 0.500. The van der Waals surface area contributed by atoms with Gasteiger partial charge in [-0.3, -0.25) is 4.99 Å². The molecular weight excluding hydrogens is 264 g/mol. The third-order valence-electron chi connectivity index (χ3n) is 3.00. The minimum Gasteiger partial charge on any atom is -0.335 e. The number of hydrogen-bond donors (Lipinski definition) is 1. The molecule has 98 valence electrons. The summed E-state index contributed by atoms with van der Waals surface area (Å²) in [6.45, 7) is 6.74. The average Bonchev–Trinajstić information content (AvgIpc) is 2.31. The molecule has 0 amide bonds. The number of amidine groups is 1. The van der Waals surface area contributed by atoms with Gasteiger partial charge in [0, 0.05) is 16.5 Å². The van der Waals surface area contributed by atoms with E-state index in [0.717, 1.165) is 28.1 Å². The van der Waals surface area contributed by atoms with E-state index >= 15 is 0 Å². The Morgan fingerprint density at radius 3 is 2.56 bits per heavy atom. The molecule has 0 fully saturated rings. The molecule has 1 heterocycles. The Labute approximate surface area is 118 Å². The molecule has 1 atom stereocenters. The summed E-state index contributed by atoms with van der Waals surface area (Å²) >= 11 is 7.66. The fourth-order valence-electron chi connectivity index (χ4n) is 1.86. The summed E-state index contributed by atoms with van der Waals surface area (Å²) in [5, 5.41) is 5.14. The molecular formula is C14H19ClN2S. The van der Waals surface area contributed by atoms with Crippen LogP contribution in [0.2, 0.25) is 5.02 Å². The largest absolute Gasteiger partial charge is 0.335 e. The lowest BCUT2D eigenvalue weighted by atomic mass is 9.85. The molecule has 1 unspecified atom stereocenters. The van der Waals surface area contributed by atoms with Crippen LogP contribution >= 0.6 is 23.4 Å². The topological polar surface area (TPSA) is 24.4 Å². The molecule has 18 heavy (non-hydrogen) atoms. The van der Waals surface area contributed by atoms with Crippen molar-refractivity contribution < 1.29 is 0 Å². The second-order valence-corrected chi connectivity index (χ2v) is 7.11. The van der Waals surface area contributed by atoms with E-state index < -0.39 is 0 Å². The van der Waals surface area contributed by atoms with Crippen LogP contribution in [0.15, 0.2) is 29.3 Å². The molecule has 2 rings (SSSR count). The van der Waals surface area contributed by atoms with Crippen molar-refractivity contribution in [3.05, 3.63) is 29.3 Å². The van der Waals surface area contributed by atoms with Crippen molar-refractivity contribution in [2.45, 2.75) is 33.2 Å². The molecule has 1 N–H and O–H groups in total. The van der Waals surface area contributed by atoms with Gasteiger partial charge in [-0.25, -0.2) is 0 Å². The summed E-state index contributed by atoms with van der Waals surface area (Å²) in [5.74, 6) is 1.13. The summed E-state index contributed by atoms with van der Waals surface area (Å²) in [7, 11) is 0. The summed E-state index contributed by atoms with van der Waals surface area (Å²) in [6.07, 6.45) is 1.15. The van der Waals surface area contributed by atoms with E-state index in [2.05, 4.69) is 26.1 Å². The second kappa shape index (κ2) is 5.54. The molecule has 1 aliphatic heterocycles. The van der Waals surface area contributed by atoms with Crippen LogP contribution in [0.5, 0.6) is 0 Å². The highest BCUT2D eigenvalue weighted by Gasteiger charge is 2.27. The van der Waals surface area contributed by atoms with E-state index in [9.17, 15) is 0 Å². The molecule has 0 aromatic heterocycles. The van der Waals surface area contributed by atoms with Crippen LogP contribution in [0, 0.1) is 5.41 Å². The highest BCUT2D eigenvalue weighted by atomic mass is 35.5. The van der Waals surface area contributed by atoms with Gasteiger partial charge in [0.2, 0.25) is 0 Å². The Kier molecular flexibility index (Phi) is 4.23. The molecule has 0 aliphatic carbocycles. The summed E-state index contributed by atoms with van der Waals surface area (Å²) in [5.41, 5.74) is 1.27. The number of hydrogen-bond acceptors (Lipinski definition) is 3. The van der Waals surface area contributed by atoms with Crippen molar-refractivity contribution in [2.75, 3.05) is 11.1 Å². The molecule has 0 saturated heterocycles. The van der Waals surface area contributed by atoms with Gasteiger partial charge < -0.3 is 5.32 Å². The molecule has 0 spiro atoms. The Morgan fingerprint density at radius 1 is 1.28 bits per heavy atom. The molecule has 0 saturated carbocycles. The second-order valence-electron chi connectivity index (χ2n) is 5.59. The van der Waals surface area contributed by atoms with Gasteiger partial charge in [-0.15, -0.1) is 0 Å². The maximum atomic E-state index is 5.87. The maximum Gasteiger partial charge on any atom is 0.161 e. The van der Waals surface area contributed by atoms with E-state index in [4.69, 9.17) is 16.6 Å². The SMILES string of the molecule is CC(C)(C)C1CCSC(Nc2ccc(Cl)cc2)=N1. The van der Waals surface area contributed by atoms with E-state index in [1.165, 1.54) is 0 Å². The van der Waals surface area contributed by atoms with Gasteiger partial charge in [-0.2, -0.15) is 0 Å². The molecule has 1 aromatic carbocycles. The third-order valence-corrected chi connectivity index (χ3v) is 4.17. The number of aliphatic imine (C=N–C) groups is 1. The molecule has 0 bridgehead atoms. The average molecular weight is 283 g/mol. The zero-order valence-corrected chi connectivity index (χ0v) is 12.6. The van der Waals surface area contributed by atoms with Gasteiger partial charge in [0.1, 0.15) is 0 Å². The highest BCUT2D eigenvalue weighted by molar-refractivity contribution is 8.14. The number of benzene rings is 1. The first-order valence-corrected chi connectivity index (χ1v) is 7.55. The quantitative estimate of drug-likeness (QED) is 0.810. The van der Waals surface area contributed by atoms with E-state index in [1.54, 1.807) is 11.8 Å². The lowest BCUT2D eigenvalue weighted by Crippen LogP contribution is -2.30. The van der Waals surface area contributed by atoms with Crippen molar-refractivity contribution in [3.63, 3.8) is 0 Å². The summed E-state index contributed by atoms with van der Waals surface area (Å²) in [4.78, 5) is 4.81. The zero-order valence-electron chi connectivity index (χ0n) is 11.0. The van der Waals surface area contributed by atoms with E-state index in [1.807, 2.05) is 24.3 Å². The first-order valence-electron chi connectivity index (χ1n) is 6.18. The predicted molar refractivity (Wildman–Crippen MR) is 82.8 cm³/mol. The van der Waals surface area contributed by atoms with Crippen molar-refractivity contribution in [3.8, 4) is 0 Å². The van der Waals surface area contributed by atoms with Crippen molar-refractivity contribution in [1.29, 1.82) is 0 Å². The lowest BCUT2D eigenvalue weighted by molar-refractivity contribution is 0.316. The van der Waals surface area contributed by atoms with Crippen LogP contribution in [0.25, 0.3) is 0 Å². The van der Waals surface area contributed by atoms with Crippen molar-refractivity contribution in [1.82, 2.24) is 0 Å². The fourth-order valence-corrected chi connectivity index (χ4v) is 2.91. The van der Waals surface area contributed by atoms with Crippen LogP contribution in [0.4, 0.5) is 5.69 Å². The van der Waals surface area contributed by atoms with Gasteiger partial charge >= 0.3 is 0 Å². The Hall–Kier alpha value is -0.670. The first-order chi connectivity index (χ1) is 8.45. The van der Waals surface area contributed by atoms with Crippen LogP contribution in [0.1, 0.15) is 27.2 Å². The van der Waals surface area contributed by atoms with E-state index in [0.29, 0.717) is 6.04 Å². The Morgan fingerprint density at radius 2 is 1.94 bits per heavy atom. The standard InChI is InChI=1S/C14H19ClN2S/c1-14(2,3)12-8-9-18-13(17-12)16-11-6-4-10(15)5-7-11/h4-7,12H,8-9H2,1-3H3,(H,16,17). The van der Waals surface area contributed by atoms with Gasteiger partial charge in [0.15, 0.2) is 5.17 Å². The molecule has 1 aromatic rings. The van der Waals surface area contributed by atoms with Crippen molar-refractivity contribution in [2.24, 2.45) is 10.4 Å². The van der Waals surface area contributed by atoms with Gasteiger partial charge in [-0.05, 0) is 36.1 Å². The zero-order chi connectivity index (χ0) is 13.2. The monoisotopic (exact) mass is 282 g/mol. The molecule has 0 radical (unpaired) electrons. The van der Waals surface area contributed by atoms with Crippen LogP contribution < -0.4 is 5.32 Å². The lowest BCUT2D eigenvalue weighted by Gasteiger charge is -2.31. The molecule has 4 heteroatoms. The highest BCUT2D eigenvalue weighted by Crippen LogP contribution is 2.31. The first kappa shape index (κ1) is 13.8. The number of nitrogens with zero attached hydrogens (tertiary/aromatic N) is 1.